The van der Waals surface area contributed by atoms with Crippen molar-refractivity contribution in [2.45, 2.75) is 17.6 Å². The Labute approximate surface area is 155 Å². The molecule has 1 heterocycles. The van der Waals surface area contributed by atoms with Crippen LogP contribution in [-0.4, -0.2) is 13.4 Å². The zero-order valence-corrected chi connectivity index (χ0v) is 14.8. The molecule has 0 aliphatic carbocycles. The summed E-state index contributed by atoms with van der Waals surface area (Å²) >= 11 is 0. The number of sulfonamides is 1. The van der Waals surface area contributed by atoms with E-state index >= 15 is 0 Å². The zero-order valence-electron chi connectivity index (χ0n) is 14.0. The molecule has 0 aliphatic rings. The fraction of sp³-hybridized carbons (Fsp3) is 0.105. The molecule has 0 bridgehead atoms. The summed E-state index contributed by atoms with van der Waals surface area (Å²) in [5.41, 5.74) is -0.262. The fourth-order valence-electron chi connectivity index (χ4n) is 2.46. The van der Waals surface area contributed by atoms with E-state index in [-0.39, 0.29) is 17.3 Å². The summed E-state index contributed by atoms with van der Waals surface area (Å²) in [4.78, 5) is 3.79. The topological polar surface area (TPSA) is 50.3 Å². The molecule has 0 atom stereocenters. The molecular formula is C19H15F3N2O2S. The Kier molecular flexibility index (Phi) is 5.18. The summed E-state index contributed by atoms with van der Waals surface area (Å²) in [5.74, 6) is -0.0873. The van der Waals surface area contributed by atoms with Crippen LogP contribution in [0.3, 0.4) is 0 Å². The van der Waals surface area contributed by atoms with Crippen LogP contribution in [-0.2, 0) is 22.7 Å². The minimum absolute atomic E-state index is 0.0302. The van der Waals surface area contributed by atoms with Crippen molar-refractivity contribution >= 4 is 15.8 Å². The van der Waals surface area contributed by atoms with E-state index in [2.05, 4.69) is 4.98 Å². The smallest absolute Gasteiger partial charge is 0.245 e. The fourth-order valence-corrected chi connectivity index (χ4v) is 3.89. The third-order valence-electron chi connectivity index (χ3n) is 3.83. The molecule has 0 amide bonds. The monoisotopic (exact) mass is 392 g/mol. The Balaban J connectivity index is 2.05. The minimum atomic E-state index is -4.55. The van der Waals surface area contributed by atoms with Gasteiger partial charge in [-0.3, -0.25) is 0 Å². The van der Waals surface area contributed by atoms with E-state index in [9.17, 15) is 21.6 Å². The molecule has 0 aliphatic heterocycles. The highest BCUT2D eigenvalue weighted by Gasteiger charge is 2.32. The number of nitrogens with zero attached hydrogens (tertiary/aromatic N) is 2. The van der Waals surface area contributed by atoms with E-state index in [0.29, 0.717) is 11.8 Å². The van der Waals surface area contributed by atoms with Gasteiger partial charge in [0.2, 0.25) is 0 Å². The van der Waals surface area contributed by atoms with Crippen LogP contribution in [0, 0.1) is 0 Å². The molecule has 0 fully saturated rings. The molecular weight excluding hydrogens is 377 g/mol. The number of benzene rings is 2. The van der Waals surface area contributed by atoms with Gasteiger partial charge in [0.1, 0.15) is 5.82 Å². The lowest BCUT2D eigenvalue weighted by molar-refractivity contribution is -0.137. The van der Waals surface area contributed by atoms with Crippen molar-refractivity contribution in [1.82, 2.24) is 4.98 Å². The van der Waals surface area contributed by atoms with Gasteiger partial charge in [0.15, 0.2) is 0 Å². The van der Waals surface area contributed by atoms with Crippen LogP contribution in [0.4, 0.5) is 19.0 Å². The van der Waals surface area contributed by atoms with Crippen molar-refractivity contribution in [1.29, 1.82) is 0 Å². The quantitative estimate of drug-likeness (QED) is 0.643. The standard InChI is InChI=1S/C19H15F3N2O2S/c20-19(21,22)16-11-12-18(23-13-16)24(14-15-7-3-1-4-8-15)27(25,26)17-9-5-2-6-10-17/h1-13H,14H2. The minimum Gasteiger partial charge on any atom is -0.245 e. The van der Waals surface area contributed by atoms with Crippen molar-refractivity contribution in [3.63, 3.8) is 0 Å². The SMILES string of the molecule is O=S(=O)(c1ccccc1)N(Cc1ccccc1)c1ccc(C(F)(F)F)cn1. The Morgan fingerprint density at radius 2 is 1.44 bits per heavy atom. The predicted molar refractivity (Wildman–Crippen MR) is 95.5 cm³/mol. The highest BCUT2D eigenvalue weighted by Crippen LogP contribution is 2.31. The van der Waals surface area contributed by atoms with Crippen LogP contribution >= 0.6 is 0 Å². The Bertz CT molecular complexity index is 991. The summed E-state index contributed by atoms with van der Waals surface area (Å²) < 4.78 is 65.5. The molecule has 0 N–H and O–H groups in total. The molecule has 4 nitrogen and oxygen atoms in total. The molecule has 0 spiro atoms. The average molecular weight is 392 g/mol. The van der Waals surface area contributed by atoms with Crippen LogP contribution in [0.2, 0.25) is 0 Å². The molecule has 0 radical (unpaired) electrons. The largest absolute Gasteiger partial charge is 0.417 e. The van der Waals surface area contributed by atoms with E-state index in [1.807, 2.05) is 0 Å². The van der Waals surface area contributed by atoms with E-state index in [1.54, 1.807) is 48.5 Å². The first-order chi connectivity index (χ1) is 12.8. The van der Waals surface area contributed by atoms with Crippen molar-refractivity contribution in [3.8, 4) is 0 Å². The summed E-state index contributed by atoms with van der Waals surface area (Å²) in [6.45, 7) is -0.0591. The molecule has 3 rings (SSSR count). The second kappa shape index (κ2) is 7.40. The summed E-state index contributed by atoms with van der Waals surface area (Å²) in [6.07, 6.45) is -3.91. The maximum absolute atomic E-state index is 13.1. The number of pyridine rings is 1. The van der Waals surface area contributed by atoms with Crippen LogP contribution in [0.5, 0.6) is 0 Å². The van der Waals surface area contributed by atoms with Gasteiger partial charge in [-0.25, -0.2) is 17.7 Å². The molecule has 3 aromatic rings. The number of halogens is 3. The van der Waals surface area contributed by atoms with Gasteiger partial charge in [0, 0.05) is 6.20 Å². The first-order valence-electron chi connectivity index (χ1n) is 7.93. The number of anilines is 1. The first-order valence-corrected chi connectivity index (χ1v) is 9.37. The highest BCUT2D eigenvalue weighted by atomic mass is 32.2. The van der Waals surface area contributed by atoms with Crippen molar-refractivity contribution in [3.05, 3.63) is 90.1 Å². The predicted octanol–water partition coefficient (Wildman–Crippen LogP) is 4.50. The van der Waals surface area contributed by atoms with Crippen LogP contribution in [0.25, 0.3) is 0 Å². The third-order valence-corrected chi connectivity index (χ3v) is 5.60. The van der Waals surface area contributed by atoms with Gasteiger partial charge in [0.25, 0.3) is 10.0 Å². The lowest BCUT2D eigenvalue weighted by atomic mass is 10.2. The second-order valence-electron chi connectivity index (χ2n) is 5.71. The molecule has 27 heavy (non-hydrogen) atoms. The average Bonchev–Trinajstić information content (AvgIpc) is 2.67. The molecule has 0 saturated carbocycles. The van der Waals surface area contributed by atoms with Gasteiger partial charge in [-0.2, -0.15) is 13.2 Å². The van der Waals surface area contributed by atoms with Crippen molar-refractivity contribution < 1.29 is 21.6 Å². The maximum atomic E-state index is 13.1. The molecule has 140 valence electrons. The number of rotatable bonds is 5. The zero-order chi connectivity index (χ0) is 19.5. The van der Waals surface area contributed by atoms with Gasteiger partial charge in [-0.15, -0.1) is 0 Å². The van der Waals surface area contributed by atoms with Crippen LogP contribution < -0.4 is 4.31 Å². The molecule has 1 aromatic heterocycles. The molecule has 0 unspecified atom stereocenters. The summed E-state index contributed by atoms with van der Waals surface area (Å²) in [5, 5.41) is 0. The van der Waals surface area contributed by atoms with Crippen LogP contribution in [0.1, 0.15) is 11.1 Å². The maximum Gasteiger partial charge on any atom is 0.417 e. The Morgan fingerprint density at radius 1 is 0.852 bits per heavy atom. The Hall–Kier alpha value is -2.87. The van der Waals surface area contributed by atoms with Gasteiger partial charge in [-0.05, 0) is 29.8 Å². The number of alkyl halides is 3. The van der Waals surface area contributed by atoms with Crippen LogP contribution in [0.15, 0.2) is 83.9 Å². The number of hydrogen-bond donors (Lipinski definition) is 0. The van der Waals surface area contributed by atoms with Gasteiger partial charge < -0.3 is 0 Å². The Morgan fingerprint density at radius 3 is 1.96 bits per heavy atom. The lowest BCUT2D eigenvalue weighted by Crippen LogP contribution is -2.31. The second-order valence-corrected chi connectivity index (χ2v) is 7.58. The first kappa shape index (κ1) is 18.9. The number of aromatic nitrogens is 1. The molecule has 0 saturated heterocycles. The van der Waals surface area contributed by atoms with E-state index < -0.39 is 21.8 Å². The number of hydrogen-bond acceptors (Lipinski definition) is 3. The van der Waals surface area contributed by atoms with Crippen molar-refractivity contribution in [2.24, 2.45) is 0 Å². The van der Waals surface area contributed by atoms with E-state index in [4.69, 9.17) is 0 Å². The third kappa shape index (κ3) is 4.28. The van der Waals surface area contributed by atoms with Crippen molar-refractivity contribution in [2.75, 3.05) is 4.31 Å². The lowest BCUT2D eigenvalue weighted by Gasteiger charge is -2.24. The van der Waals surface area contributed by atoms with Gasteiger partial charge in [0.05, 0.1) is 17.0 Å². The van der Waals surface area contributed by atoms with E-state index in [0.717, 1.165) is 16.4 Å². The molecule has 8 heteroatoms. The summed E-state index contributed by atoms with van der Waals surface area (Å²) in [7, 11) is -4.01. The molecule has 2 aromatic carbocycles. The van der Waals surface area contributed by atoms with Gasteiger partial charge >= 0.3 is 6.18 Å². The highest BCUT2D eigenvalue weighted by molar-refractivity contribution is 7.92. The van der Waals surface area contributed by atoms with E-state index in [1.165, 1.54) is 12.1 Å². The normalized spacial score (nSPS) is 12.0. The summed E-state index contributed by atoms with van der Waals surface area (Å²) in [6, 6.07) is 18.3. The van der Waals surface area contributed by atoms with Gasteiger partial charge in [-0.1, -0.05) is 48.5 Å².